The molecule has 13 heteroatoms. The van der Waals surface area contributed by atoms with Crippen molar-refractivity contribution in [1.82, 2.24) is 9.97 Å². The first-order valence-electron chi connectivity index (χ1n) is 20.7. The van der Waals surface area contributed by atoms with E-state index in [4.69, 9.17) is 0 Å². The summed E-state index contributed by atoms with van der Waals surface area (Å²) < 4.78 is 41.3. The Labute approximate surface area is 352 Å². The summed E-state index contributed by atoms with van der Waals surface area (Å²) in [5.41, 5.74) is 3.35. The number of piperidine rings is 1. The minimum atomic E-state index is -4.66. The molecule has 4 heterocycles. The molecule has 4 N–H and O–H groups in total. The SMILES string of the molecule is CC(C)(C)c1ccc(NC(=O)c2c[nH]c3ccccc3c2=O)cc1N1CCCCC1.Cc1cccc2[nH]cc(C(=O)Nc3ccc(N4CCC[C@@H]4C)cc3C(F)(F)F)c(=O)c12. The van der Waals surface area contributed by atoms with Crippen LogP contribution >= 0.6 is 0 Å². The zero-order valence-corrected chi connectivity index (χ0v) is 35.1. The molecular formula is C48H51F3N6O4. The highest BCUT2D eigenvalue weighted by Gasteiger charge is 2.36. The molecule has 2 aliphatic rings. The molecule has 2 aromatic heterocycles. The van der Waals surface area contributed by atoms with Crippen LogP contribution < -0.4 is 31.3 Å². The summed E-state index contributed by atoms with van der Waals surface area (Å²) in [6, 6.07) is 22.6. The number of amides is 2. The highest BCUT2D eigenvalue weighted by Crippen LogP contribution is 2.39. The number of hydrogen-bond donors (Lipinski definition) is 4. The number of para-hydroxylation sites is 1. The fourth-order valence-electron chi connectivity index (χ4n) is 8.34. The summed E-state index contributed by atoms with van der Waals surface area (Å²) in [6.45, 7) is 13.1. The Hall–Kier alpha value is -6.37. The fraction of sp³-hybridized carbons (Fsp3) is 0.333. The van der Waals surface area contributed by atoms with E-state index in [1.54, 1.807) is 43.3 Å². The van der Waals surface area contributed by atoms with Crippen molar-refractivity contribution in [3.05, 3.63) is 140 Å². The highest BCUT2D eigenvalue weighted by atomic mass is 19.4. The predicted octanol–water partition coefficient (Wildman–Crippen LogP) is 10.2. The summed E-state index contributed by atoms with van der Waals surface area (Å²) in [5.74, 6) is -1.28. The number of fused-ring (bicyclic) bond motifs is 2. The number of aryl methyl sites for hydroxylation is 1. The van der Waals surface area contributed by atoms with Crippen LogP contribution in [0.4, 0.5) is 35.9 Å². The van der Waals surface area contributed by atoms with E-state index in [0.29, 0.717) is 39.8 Å². The number of benzene rings is 4. The van der Waals surface area contributed by atoms with Crippen molar-refractivity contribution >= 4 is 56.4 Å². The second-order valence-corrected chi connectivity index (χ2v) is 17.0. The number of hydrogen-bond acceptors (Lipinski definition) is 6. The lowest BCUT2D eigenvalue weighted by Crippen LogP contribution is -2.32. The number of carbonyl (C=O) groups excluding carboxylic acids is 2. The van der Waals surface area contributed by atoms with Gasteiger partial charge in [0.05, 0.1) is 11.3 Å². The highest BCUT2D eigenvalue weighted by molar-refractivity contribution is 6.07. The van der Waals surface area contributed by atoms with Gasteiger partial charge in [0.1, 0.15) is 11.1 Å². The number of aromatic amines is 2. The maximum Gasteiger partial charge on any atom is 0.418 e. The van der Waals surface area contributed by atoms with Gasteiger partial charge in [-0.1, -0.05) is 51.1 Å². The van der Waals surface area contributed by atoms with Gasteiger partial charge in [0, 0.05) is 76.9 Å². The second-order valence-electron chi connectivity index (χ2n) is 17.0. The van der Waals surface area contributed by atoms with Gasteiger partial charge in [0.15, 0.2) is 0 Å². The van der Waals surface area contributed by atoms with E-state index in [2.05, 4.69) is 58.4 Å². The van der Waals surface area contributed by atoms with Crippen molar-refractivity contribution in [3.8, 4) is 0 Å². The van der Waals surface area contributed by atoms with E-state index >= 15 is 0 Å². The minimum Gasteiger partial charge on any atom is -0.371 e. The maximum atomic E-state index is 13.8. The van der Waals surface area contributed by atoms with Gasteiger partial charge in [0.2, 0.25) is 10.9 Å². The maximum absolute atomic E-state index is 13.8. The Morgan fingerprint density at radius 2 is 1.39 bits per heavy atom. The van der Waals surface area contributed by atoms with Crippen molar-refractivity contribution < 1.29 is 22.8 Å². The molecule has 0 aliphatic carbocycles. The molecule has 318 valence electrons. The average molecular weight is 833 g/mol. The van der Waals surface area contributed by atoms with E-state index in [1.165, 1.54) is 49.0 Å². The molecule has 10 nitrogen and oxygen atoms in total. The van der Waals surface area contributed by atoms with E-state index in [9.17, 15) is 32.3 Å². The number of anilines is 4. The van der Waals surface area contributed by atoms with Gasteiger partial charge in [0.25, 0.3) is 11.8 Å². The summed E-state index contributed by atoms with van der Waals surface area (Å²) >= 11 is 0. The Morgan fingerprint density at radius 3 is 2.08 bits per heavy atom. The molecule has 2 fully saturated rings. The van der Waals surface area contributed by atoms with E-state index < -0.39 is 29.0 Å². The van der Waals surface area contributed by atoms with E-state index in [1.807, 2.05) is 30.0 Å². The number of halogens is 3. The lowest BCUT2D eigenvalue weighted by molar-refractivity contribution is -0.136. The Kier molecular flexibility index (Phi) is 12.1. The molecule has 8 rings (SSSR count). The number of nitrogens with zero attached hydrogens (tertiary/aromatic N) is 2. The number of aromatic nitrogens is 2. The molecule has 0 saturated carbocycles. The van der Waals surface area contributed by atoms with Gasteiger partial charge in [-0.15, -0.1) is 0 Å². The number of nitrogens with one attached hydrogen (secondary N) is 4. The molecule has 6 aromatic rings. The normalized spacial score (nSPS) is 15.7. The van der Waals surface area contributed by atoms with Crippen LogP contribution in [0.2, 0.25) is 0 Å². The standard InChI is InChI=1S/C25H29N3O2.C23H22F3N3O2/c1-25(2,3)20-12-11-17(15-22(20)28-13-7-4-8-14-28)27-24(30)19-16-26-21-10-6-5-9-18(21)23(19)29;1-13-5-3-7-19-20(13)21(30)16(12-27-19)22(31)28-18-9-8-15(11-17(18)23(24,25)26)29-10-4-6-14(29)2/h5-6,9-12,15-16H,4,7-8,13-14H2,1-3H3,(H,26,29)(H,27,30);3,5,7-9,11-12,14H,4,6,10H2,1-2H3,(H,27,30)(H,28,31)/t;14-/m.0/s1. The van der Waals surface area contributed by atoms with Crippen molar-refractivity contribution in [2.45, 2.75) is 84.4 Å². The first-order valence-corrected chi connectivity index (χ1v) is 20.7. The number of H-pyrrole nitrogens is 2. The smallest absolute Gasteiger partial charge is 0.371 e. The molecule has 61 heavy (non-hydrogen) atoms. The van der Waals surface area contributed by atoms with Crippen LogP contribution in [0.5, 0.6) is 0 Å². The molecule has 2 saturated heterocycles. The van der Waals surface area contributed by atoms with Gasteiger partial charge in [-0.3, -0.25) is 19.2 Å². The van der Waals surface area contributed by atoms with Crippen molar-refractivity contribution in [2.75, 3.05) is 40.1 Å². The number of rotatable bonds is 6. The van der Waals surface area contributed by atoms with Crippen LogP contribution in [-0.2, 0) is 11.6 Å². The molecule has 2 amide bonds. The summed E-state index contributed by atoms with van der Waals surface area (Å²) in [7, 11) is 0. The molecule has 2 aliphatic heterocycles. The Bertz CT molecular complexity index is 2730. The largest absolute Gasteiger partial charge is 0.418 e. The summed E-state index contributed by atoms with van der Waals surface area (Å²) in [5, 5.41) is 6.08. The van der Waals surface area contributed by atoms with Gasteiger partial charge >= 0.3 is 6.18 Å². The fourth-order valence-corrected chi connectivity index (χ4v) is 8.34. The Balaban J connectivity index is 0.000000184. The zero-order chi connectivity index (χ0) is 43.6. The predicted molar refractivity (Wildman–Crippen MR) is 238 cm³/mol. The van der Waals surface area contributed by atoms with E-state index in [0.717, 1.165) is 37.5 Å². The van der Waals surface area contributed by atoms with Crippen molar-refractivity contribution in [1.29, 1.82) is 0 Å². The van der Waals surface area contributed by atoms with Crippen LogP contribution in [0.3, 0.4) is 0 Å². The van der Waals surface area contributed by atoms with Gasteiger partial charge in [-0.2, -0.15) is 13.2 Å². The lowest BCUT2D eigenvalue weighted by atomic mass is 9.85. The quantitative estimate of drug-likeness (QED) is 0.132. The summed E-state index contributed by atoms with van der Waals surface area (Å²) in [6.07, 6.45) is 3.55. The first kappa shape index (κ1) is 42.7. The molecule has 4 aromatic carbocycles. The number of alkyl halides is 3. The second kappa shape index (κ2) is 17.3. The third kappa shape index (κ3) is 9.20. The monoisotopic (exact) mass is 832 g/mol. The van der Waals surface area contributed by atoms with Gasteiger partial charge in [-0.05, 0) is 111 Å². The number of carbonyl (C=O) groups is 2. The van der Waals surface area contributed by atoms with E-state index in [-0.39, 0.29) is 33.7 Å². The number of pyridine rings is 2. The third-order valence-corrected chi connectivity index (χ3v) is 11.6. The molecule has 0 spiro atoms. The molecule has 0 radical (unpaired) electrons. The topological polar surface area (TPSA) is 130 Å². The molecular weight excluding hydrogens is 782 g/mol. The van der Waals surface area contributed by atoms with Crippen LogP contribution in [0.25, 0.3) is 21.8 Å². The zero-order valence-electron chi connectivity index (χ0n) is 35.1. The third-order valence-electron chi connectivity index (χ3n) is 11.6. The van der Waals surface area contributed by atoms with Crippen LogP contribution in [0.1, 0.15) is 97.2 Å². The first-order chi connectivity index (χ1) is 29.0. The molecule has 1 atom stereocenters. The van der Waals surface area contributed by atoms with Crippen LogP contribution in [0.15, 0.2) is 101 Å². The van der Waals surface area contributed by atoms with Crippen LogP contribution in [0, 0.1) is 6.92 Å². The van der Waals surface area contributed by atoms with Gasteiger partial charge in [-0.25, -0.2) is 0 Å². The lowest BCUT2D eigenvalue weighted by Gasteiger charge is -2.34. The van der Waals surface area contributed by atoms with Crippen LogP contribution in [-0.4, -0.2) is 47.5 Å². The summed E-state index contributed by atoms with van der Waals surface area (Å²) in [4.78, 5) is 61.5. The van der Waals surface area contributed by atoms with Gasteiger partial charge < -0.3 is 30.4 Å². The molecule has 0 unspecified atom stereocenters. The molecule has 0 bridgehead atoms. The minimum absolute atomic E-state index is 0.00477. The van der Waals surface area contributed by atoms with Crippen molar-refractivity contribution in [2.24, 2.45) is 0 Å². The average Bonchev–Trinajstić information content (AvgIpc) is 3.66. The van der Waals surface area contributed by atoms with Crippen molar-refractivity contribution in [3.63, 3.8) is 0 Å². The Morgan fingerprint density at radius 1 is 0.721 bits per heavy atom.